The molecule has 0 aliphatic rings. The summed E-state index contributed by atoms with van der Waals surface area (Å²) in [6.45, 7) is 0. The van der Waals surface area contributed by atoms with Gasteiger partial charge in [-0.1, -0.05) is 12.1 Å². The van der Waals surface area contributed by atoms with Crippen molar-refractivity contribution in [3.05, 3.63) is 35.4 Å². The third-order valence-corrected chi connectivity index (χ3v) is 1.28. The Morgan fingerprint density at radius 2 is 2.00 bits per heavy atom. The fraction of sp³-hybridized carbons (Fsp3) is 0. The Labute approximate surface area is 80.4 Å². The number of nitriles is 1. The van der Waals surface area contributed by atoms with E-state index in [0.29, 0.717) is 0 Å². The van der Waals surface area contributed by atoms with Crippen LogP contribution in [-0.2, 0) is 0 Å². The summed E-state index contributed by atoms with van der Waals surface area (Å²) in [6, 6.07) is 7.89. The van der Waals surface area contributed by atoms with Gasteiger partial charge in [0.2, 0.25) is 0 Å². The van der Waals surface area contributed by atoms with E-state index in [0.717, 1.165) is 0 Å². The summed E-state index contributed by atoms with van der Waals surface area (Å²) in [6.07, 6.45) is 0. The second-order valence-electron chi connectivity index (χ2n) is 1.96. The fourth-order valence-electron chi connectivity index (χ4n) is 0.767. The Morgan fingerprint density at radius 1 is 1.42 bits per heavy atom. The second-order valence-corrected chi connectivity index (χ2v) is 1.96. The van der Waals surface area contributed by atoms with Gasteiger partial charge >= 0.3 is 5.97 Å². The minimum absolute atomic E-state index is 0. The standard InChI is InChI=1S/C8H5NO2.Al/c9-5-6-3-1-2-4-7(6)8(10)11;/h1-4H,(H,10,11);. The van der Waals surface area contributed by atoms with Crippen molar-refractivity contribution in [1.29, 1.82) is 5.26 Å². The van der Waals surface area contributed by atoms with Crippen molar-refractivity contribution < 1.29 is 9.90 Å². The molecule has 0 atom stereocenters. The molecule has 3 radical (unpaired) electrons. The topological polar surface area (TPSA) is 61.1 Å². The van der Waals surface area contributed by atoms with E-state index >= 15 is 0 Å². The Bertz CT molecular complexity index is 330. The Kier molecular flexibility index (Phi) is 4.07. The SMILES string of the molecule is N#Cc1ccccc1C(=O)O.[Al]. The highest BCUT2D eigenvalue weighted by Crippen LogP contribution is 2.05. The van der Waals surface area contributed by atoms with Gasteiger partial charge < -0.3 is 5.11 Å². The monoisotopic (exact) mass is 174 g/mol. The molecule has 1 aromatic carbocycles. The molecule has 0 spiro atoms. The highest BCUT2D eigenvalue weighted by atomic mass is 27.0. The second kappa shape index (κ2) is 4.56. The number of rotatable bonds is 1. The van der Waals surface area contributed by atoms with Crippen LogP contribution >= 0.6 is 0 Å². The predicted octanol–water partition coefficient (Wildman–Crippen LogP) is 0.876. The van der Waals surface area contributed by atoms with Gasteiger partial charge in [0.15, 0.2) is 0 Å². The minimum atomic E-state index is -1.07. The first-order chi connectivity index (χ1) is 5.25. The van der Waals surface area contributed by atoms with Gasteiger partial charge in [-0.15, -0.1) is 0 Å². The van der Waals surface area contributed by atoms with Crippen LogP contribution in [0.25, 0.3) is 0 Å². The highest BCUT2D eigenvalue weighted by Gasteiger charge is 2.06. The summed E-state index contributed by atoms with van der Waals surface area (Å²) in [5.41, 5.74) is 0.245. The Morgan fingerprint density at radius 3 is 2.42 bits per heavy atom. The number of aromatic carboxylic acids is 1. The highest BCUT2D eigenvalue weighted by molar-refractivity contribution is 5.90. The van der Waals surface area contributed by atoms with Crippen molar-refractivity contribution in [2.45, 2.75) is 0 Å². The summed E-state index contributed by atoms with van der Waals surface area (Å²) in [4.78, 5) is 10.4. The van der Waals surface area contributed by atoms with Crippen molar-refractivity contribution in [1.82, 2.24) is 0 Å². The number of benzene rings is 1. The molecule has 0 saturated carbocycles. The first kappa shape index (κ1) is 10.7. The number of nitrogens with zero attached hydrogens (tertiary/aromatic N) is 1. The van der Waals surface area contributed by atoms with Crippen LogP contribution in [0.3, 0.4) is 0 Å². The van der Waals surface area contributed by atoms with Crippen LogP contribution in [0.2, 0.25) is 0 Å². The molecule has 0 aliphatic heterocycles. The zero-order valence-corrected chi connectivity index (χ0v) is 7.34. The van der Waals surface area contributed by atoms with Crippen LogP contribution in [0.1, 0.15) is 15.9 Å². The van der Waals surface area contributed by atoms with E-state index in [-0.39, 0.29) is 28.5 Å². The smallest absolute Gasteiger partial charge is 0.337 e. The average Bonchev–Trinajstić information content (AvgIpc) is 2.04. The predicted molar refractivity (Wildman–Crippen MR) is 43.9 cm³/mol. The van der Waals surface area contributed by atoms with Gasteiger partial charge in [0.05, 0.1) is 11.1 Å². The van der Waals surface area contributed by atoms with Crippen LogP contribution in [-0.4, -0.2) is 28.4 Å². The number of carbonyl (C=O) groups is 1. The van der Waals surface area contributed by atoms with Gasteiger partial charge in [-0.3, -0.25) is 0 Å². The van der Waals surface area contributed by atoms with Crippen LogP contribution in [0.5, 0.6) is 0 Å². The lowest BCUT2D eigenvalue weighted by Gasteiger charge is -1.94. The van der Waals surface area contributed by atoms with Crippen LogP contribution in [0.4, 0.5) is 0 Å². The van der Waals surface area contributed by atoms with Crippen molar-refractivity contribution in [3.63, 3.8) is 0 Å². The van der Waals surface area contributed by atoms with Gasteiger partial charge in [0, 0.05) is 17.4 Å². The van der Waals surface area contributed by atoms with E-state index in [9.17, 15) is 4.79 Å². The molecule has 0 bridgehead atoms. The fourth-order valence-corrected chi connectivity index (χ4v) is 0.767. The van der Waals surface area contributed by atoms with Gasteiger partial charge in [-0.05, 0) is 12.1 Å². The van der Waals surface area contributed by atoms with Crippen LogP contribution in [0.15, 0.2) is 24.3 Å². The molecule has 0 aromatic heterocycles. The van der Waals surface area contributed by atoms with Crippen molar-refractivity contribution >= 4 is 23.3 Å². The lowest BCUT2D eigenvalue weighted by molar-refractivity contribution is 0.0696. The Balaban J connectivity index is 0.00000121. The molecular formula is C8H5AlNO2. The maximum Gasteiger partial charge on any atom is 0.337 e. The number of hydrogen-bond acceptors (Lipinski definition) is 2. The van der Waals surface area contributed by atoms with E-state index in [4.69, 9.17) is 10.4 Å². The largest absolute Gasteiger partial charge is 0.478 e. The van der Waals surface area contributed by atoms with Crippen molar-refractivity contribution in [3.8, 4) is 6.07 Å². The molecule has 1 aromatic rings. The van der Waals surface area contributed by atoms with Gasteiger partial charge in [0.1, 0.15) is 6.07 Å². The van der Waals surface area contributed by atoms with Gasteiger partial charge in [-0.2, -0.15) is 5.26 Å². The maximum atomic E-state index is 10.4. The summed E-state index contributed by atoms with van der Waals surface area (Å²) < 4.78 is 0. The molecule has 0 amide bonds. The van der Waals surface area contributed by atoms with Crippen molar-refractivity contribution in [2.24, 2.45) is 0 Å². The molecule has 0 fully saturated rings. The quantitative estimate of drug-likeness (QED) is 0.642. The van der Waals surface area contributed by atoms with Crippen LogP contribution in [0, 0.1) is 11.3 Å². The number of hydrogen-bond donors (Lipinski definition) is 1. The first-order valence-electron chi connectivity index (χ1n) is 2.98. The molecule has 12 heavy (non-hydrogen) atoms. The summed E-state index contributed by atoms with van der Waals surface area (Å²) in [7, 11) is 0. The molecule has 0 saturated heterocycles. The van der Waals surface area contributed by atoms with Gasteiger partial charge in [-0.25, -0.2) is 4.79 Å². The molecule has 4 heteroatoms. The maximum absolute atomic E-state index is 10.4. The normalized spacial score (nSPS) is 7.92. The summed E-state index contributed by atoms with van der Waals surface area (Å²) in [5, 5.41) is 17.0. The molecule has 0 aliphatic carbocycles. The Hall–Kier alpha value is -1.29. The third kappa shape index (κ3) is 2.10. The molecule has 57 valence electrons. The lowest BCUT2D eigenvalue weighted by atomic mass is 10.1. The molecule has 1 rings (SSSR count). The minimum Gasteiger partial charge on any atom is -0.478 e. The zero-order valence-electron chi connectivity index (χ0n) is 6.19. The van der Waals surface area contributed by atoms with E-state index in [1.807, 2.05) is 0 Å². The van der Waals surface area contributed by atoms with E-state index in [1.54, 1.807) is 18.2 Å². The third-order valence-electron chi connectivity index (χ3n) is 1.28. The van der Waals surface area contributed by atoms with Gasteiger partial charge in [0.25, 0.3) is 0 Å². The van der Waals surface area contributed by atoms with Crippen LogP contribution < -0.4 is 0 Å². The molecule has 1 N–H and O–H groups in total. The molecule has 0 unspecified atom stereocenters. The average molecular weight is 174 g/mol. The molecule has 0 heterocycles. The zero-order chi connectivity index (χ0) is 8.27. The molecular weight excluding hydrogens is 169 g/mol. The summed E-state index contributed by atoms with van der Waals surface area (Å²) >= 11 is 0. The first-order valence-corrected chi connectivity index (χ1v) is 2.98. The van der Waals surface area contributed by atoms with E-state index in [2.05, 4.69) is 0 Å². The van der Waals surface area contributed by atoms with E-state index < -0.39 is 5.97 Å². The van der Waals surface area contributed by atoms with Crippen molar-refractivity contribution in [2.75, 3.05) is 0 Å². The molecule has 3 nitrogen and oxygen atoms in total. The number of carboxylic acid groups (broad SMARTS) is 1. The lowest BCUT2D eigenvalue weighted by Crippen LogP contribution is -1.98. The van der Waals surface area contributed by atoms with E-state index in [1.165, 1.54) is 12.1 Å². The summed E-state index contributed by atoms with van der Waals surface area (Å²) in [5.74, 6) is -1.07. The number of carboxylic acids is 1.